The Kier molecular flexibility index (Phi) is 6.62. The highest BCUT2D eigenvalue weighted by Gasteiger charge is 2.15. The van der Waals surface area contributed by atoms with Gasteiger partial charge in [0.15, 0.2) is 0 Å². The smallest absolute Gasteiger partial charge is 0.223 e. The molecular weight excluding hydrogens is 295 g/mol. The fourth-order valence-corrected chi connectivity index (χ4v) is 1.96. The lowest BCUT2D eigenvalue weighted by Gasteiger charge is -2.22. The van der Waals surface area contributed by atoms with Crippen LogP contribution in [0.2, 0.25) is 5.02 Å². The van der Waals surface area contributed by atoms with Gasteiger partial charge >= 0.3 is 0 Å². The maximum atomic E-state index is 13.2. The molecule has 1 unspecified atom stereocenters. The number of benzene rings is 1. The Balaban J connectivity index is 2.72. The zero-order valence-electron chi connectivity index (χ0n) is 12.5. The van der Waals surface area contributed by atoms with E-state index in [1.807, 2.05) is 13.8 Å². The number of halogens is 2. The summed E-state index contributed by atoms with van der Waals surface area (Å²) in [5.41, 5.74) is 0.477. The monoisotopic (exact) mass is 314 g/mol. The number of carbonyl (C=O) groups is 2. The van der Waals surface area contributed by atoms with Gasteiger partial charge in [0.05, 0.1) is 5.02 Å². The van der Waals surface area contributed by atoms with E-state index in [0.717, 1.165) is 6.42 Å². The molecule has 1 rings (SSSR count). The number of nitrogens with one attached hydrogen (secondary N) is 1. The first-order valence-corrected chi connectivity index (χ1v) is 7.25. The molecule has 0 aliphatic heterocycles. The number of hydrogen-bond donors (Lipinski definition) is 1. The van der Waals surface area contributed by atoms with Gasteiger partial charge in [-0.05, 0) is 31.5 Å². The van der Waals surface area contributed by atoms with Crippen molar-refractivity contribution in [2.45, 2.75) is 39.7 Å². The second-order valence-corrected chi connectivity index (χ2v) is 5.30. The van der Waals surface area contributed by atoms with Crippen molar-refractivity contribution < 1.29 is 14.0 Å². The van der Waals surface area contributed by atoms with Crippen molar-refractivity contribution in [3.63, 3.8) is 0 Å². The highest BCUT2D eigenvalue weighted by Crippen LogP contribution is 2.23. The summed E-state index contributed by atoms with van der Waals surface area (Å²) in [5, 5.41) is 2.78. The van der Waals surface area contributed by atoms with Crippen molar-refractivity contribution in [1.82, 2.24) is 5.32 Å². The quantitative estimate of drug-likeness (QED) is 0.877. The van der Waals surface area contributed by atoms with Crippen molar-refractivity contribution in [3.05, 3.63) is 29.0 Å². The van der Waals surface area contributed by atoms with Crippen LogP contribution in [0, 0.1) is 5.82 Å². The average molecular weight is 315 g/mol. The third kappa shape index (κ3) is 5.34. The molecule has 0 radical (unpaired) electrons. The minimum absolute atomic E-state index is 0.0530. The number of nitrogens with zero attached hydrogens (tertiary/aromatic N) is 1. The molecule has 0 aliphatic rings. The Morgan fingerprint density at radius 1 is 1.43 bits per heavy atom. The zero-order valence-corrected chi connectivity index (χ0v) is 13.2. The Bertz CT molecular complexity index is 522. The molecule has 1 aromatic rings. The number of carbonyl (C=O) groups excluding carboxylic acids is 2. The first-order chi connectivity index (χ1) is 9.85. The molecule has 116 valence electrons. The SMILES string of the molecule is CCC(C)NC(=O)CCN(C(C)=O)c1ccc(F)c(Cl)c1. The summed E-state index contributed by atoms with van der Waals surface area (Å²) in [6.07, 6.45) is 1.02. The fourth-order valence-electron chi connectivity index (χ4n) is 1.78. The van der Waals surface area contributed by atoms with E-state index in [9.17, 15) is 14.0 Å². The Labute approximate surface area is 129 Å². The van der Waals surface area contributed by atoms with E-state index in [2.05, 4.69) is 5.32 Å². The largest absolute Gasteiger partial charge is 0.354 e. The van der Waals surface area contributed by atoms with Crippen molar-refractivity contribution in [2.75, 3.05) is 11.4 Å². The number of hydrogen-bond acceptors (Lipinski definition) is 2. The summed E-state index contributed by atoms with van der Waals surface area (Å²) in [6, 6.07) is 4.15. The van der Waals surface area contributed by atoms with Crippen molar-refractivity contribution >= 4 is 29.1 Å². The van der Waals surface area contributed by atoms with E-state index in [1.165, 1.54) is 30.0 Å². The van der Waals surface area contributed by atoms with Crippen LogP contribution < -0.4 is 10.2 Å². The third-order valence-corrected chi connectivity index (χ3v) is 3.47. The molecule has 1 aromatic carbocycles. The molecule has 0 heterocycles. The molecule has 4 nitrogen and oxygen atoms in total. The van der Waals surface area contributed by atoms with Gasteiger partial charge in [-0.1, -0.05) is 18.5 Å². The second kappa shape index (κ2) is 7.98. The van der Waals surface area contributed by atoms with E-state index in [0.29, 0.717) is 5.69 Å². The lowest BCUT2D eigenvalue weighted by molar-refractivity contribution is -0.121. The fraction of sp³-hybridized carbons (Fsp3) is 0.467. The van der Waals surface area contributed by atoms with E-state index in [-0.39, 0.29) is 35.8 Å². The van der Waals surface area contributed by atoms with E-state index in [4.69, 9.17) is 11.6 Å². The Morgan fingerprint density at radius 2 is 2.10 bits per heavy atom. The van der Waals surface area contributed by atoms with Crippen LogP contribution in [0.3, 0.4) is 0 Å². The van der Waals surface area contributed by atoms with Gasteiger partial charge < -0.3 is 10.2 Å². The first kappa shape index (κ1) is 17.4. The molecule has 1 atom stereocenters. The first-order valence-electron chi connectivity index (χ1n) is 6.87. The van der Waals surface area contributed by atoms with Crippen LogP contribution in [0.1, 0.15) is 33.6 Å². The van der Waals surface area contributed by atoms with Gasteiger partial charge in [-0.25, -0.2) is 4.39 Å². The summed E-state index contributed by atoms with van der Waals surface area (Å²) in [7, 11) is 0. The molecule has 0 saturated carbocycles. The Hall–Kier alpha value is -1.62. The van der Waals surface area contributed by atoms with Crippen LogP contribution in [-0.2, 0) is 9.59 Å². The van der Waals surface area contributed by atoms with Crippen LogP contribution in [0.15, 0.2) is 18.2 Å². The molecule has 0 bridgehead atoms. The summed E-state index contributed by atoms with van der Waals surface area (Å²) in [4.78, 5) is 24.8. The van der Waals surface area contributed by atoms with Gasteiger partial charge in [-0.2, -0.15) is 0 Å². The molecule has 0 fully saturated rings. The Morgan fingerprint density at radius 3 is 2.62 bits per heavy atom. The molecule has 2 amide bonds. The van der Waals surface area contributed by atoms with Crippen LogP contribution >= 0.6 is 11.6 Å². The summed E-state index contributed by atoms with van der Waals surface area (Å²) < 4.78 is 13.2. The minimum Gasteiger partial charge on any atom is -0.354 e. The summed E-state index contributed by atoms with van der Waals surface area (Å²) >= 11 is 5.72. The van der Waals surface area contributed by atoms with Gasteiger partial charge in [0.2, 0.25) is 11.8 Å². The molecule has 0 aliphatic carbocycles. The molecule has 1 N–H and O–H groups in total. The average Bonchev–Trinajstić information content (AvgIpc) is 2.42. The number of anilines is 1. The lowest BCUT2D eigenvalue weighted by atomic mass is 10.2. The standard InChI is InChI=1S/C15H20ClFN2O2/c1-4-10(2)18-15(21)7-8-19(11(3)20)12-5-6-14(17)13(16)9-12/h5-6,9-10H,4,7-8H2,1-3H3,(H,18,21). The lowest BCUT2D eigenvalue weighted by Crippen LogP contribution is -2.36. The third-order valence-electron chi connectivity index (χ3n) is 3.18. The van der Waals surface area contributed by atoms with E-state index >= 15 is 0 Å². The highest BCUT2D eigenvalue weighted by atomic mass is 35.5. The van der Waals surface area contributed by atoms with Gasteiger partial charge in [-0.3, -0.25) is 9.59 Å². The molecule has 6 heteroatoms. The number of amides is 2. The molecule has 0 saturated heterocycles. The summed E-state index contributed by atoms with van der Waals surface area (Å²) in [5.74, 6) is -0.892. The van der Waals surface area contributed by atoms with Gasteiger partial charge in [0.25, 0.3) is 0 Å². The molecule has 0 aromatic heterocycles. The topological polar surface area (TPSA) is 49.4 Å². The maximum absolute atomic E-state index is 13.2. The van der Waals surface area contributed by atoms with Gasteiger partial charge in [0, 0.05) is 31.6 Å². The predicted molar refractivity (Wildman–Crippen MR) is 81.9 cm³/mol. The van der Waals surface area contributed by atoms with E-state index < -0.39 is 5.82 Å². The van der Waals surface area contributed by atoms with Crippen LogP contribution in [0.25, 0.3) is 0 Å². The normalized spacial score (nSPS) is 11.9. The number of rotatable bonds is 6. The zero-order chi connectivity index (χ0) is 16.0. The van der Waals surface area contributed by atoms with Crippen LogP contribution in [0.4, 0.5) is 10.1 Å². The van der Waals surface area contributed by atoms with Crippen molar-refractivity contribution in [1.29, 1.82) is 0 Å². The van der Waals surface area contributed by atoms with E-state index in [1.54, 1.807) is 0 Å². The van der Waals surface area contributed by atoms with Crippen molar-refractivity contribution in [2.24, 2.45) is 0 Å². The molecular formula is C15H20ClFN2O2. The van der Waals surface area contributed by atoms with Crippen LogP contribution in [-0.4, -0.2) is 24.4 Å². The highest BCUT2D eigenvalue weighted by molar-refractivity contribution is 6.31. The minimum atomic E-state index is -0.543. The second-order valence-electron chi connectivity index (χ2n) is 4.90. The van der Waals surface area contributed by atoms with Gasteiger partial charge in [-0.15, -0.1) is 0 Å². The summed E-state index contributed by atoms with van der Waals surface area (Å²) in [6.45, 7) is 5.51. The van der Waals surface area contributed by atoms with Crippen LogP contribution in [0.5, 0.6) is 0 Å². The molecule has 21 heavy (non-hydrogen) atoms. The maximum Gasteiger partial charge on any atom is 0.223 e. The van der Waals surface area contributed by atoms with Crippen molar-refractivity contribution in [3.8, 4) is 0 Å². The molecule has 0 spiro atoms. The predicted octanol–water partition coefficient (Wildman–Crippen LogP) is 3.14. The van der Waals surface area contributed by atoms with Gasteiger partial charge in [0.1, 0.15) is 5.82 Å².